The van der Waals surface area contributed by atoms with Gasteiger partial charge in [-0.2, -0.15) is 0 Å². The number of amides is 2. The van der Waals surface area contributed by atoms with E-state index in [1.165, 1.54) is 6.92 Å². The number of aliphatic hydroxyl groups is 2. The first-order valence-electron chi connectivity index (χ1n) is 6.28. The van der Waals surface area contributed by atoms with E-state index in [2.05, 4.69) is 10.6 Å². The van der Waals surface area contributed by atoms with Crippen molar-refractivity contribution < 1.29 is 19.8 Å². The quantitative estimate of drug-likeness (QED) is 0.580. The van der Waals surface area contributed by atoms with Crippen LogP contribution in [-0.4, -0.2) is 40.8 Å². The summed E-state index contributed by atoms with van der Waals surface area (Å²) in [6, 6.07) is 6.73. The van der Waals surface area contributed by atoms with Crippen LogP contribution in [0.4, 0.5) is 0 Å². The minimum absolute atomic E-state index is 0.117. The number of nitrogens with one attached hydrogen (secondary N) is 2. The Hall–Kier alpha value is -1.92. The van der Waals surface area contributed by atoms with Crippen LogP contribution in [-0.2, 0) is 11.3 Å². The van der Waals surface area contributed by atoms with E-state index in [4.69, 9.17) is 10.2 Å². The molecule has 0 aliphatic carbocycles. The maximum absolute atomic E-state index is 12.0. The van der Waals surface area contributed by atoms with Gasteiger partial charge in [0.2, 0.25) is 5.91 Å². The molecular formula is C14H20N2O4. The van der Waals surface area contributed by atoms with Crippen LogP contribution in [0.3, 0.4) is 0 Å². The van der Waals surface area contributed by atoms with Crippen molar-refractivity contribution in [3.05, 3.63) is 35.4 Å². The molecule has 0 spiro atoms. The number of carbonyl (C=O) groups excluding carboxylic acids is 2. The predicted molar refractivity (Wildman–Crippen MR) is 74.0 cm³/mol. The van der Waals surface area contributed by atoms with Gasteiger partial charge in [-0.15, -0.1) is 0 Å². The van der Waals surface area contributed by atoms with E-state index >= 15 is 0 Å². The normalized spacial score (nSPS) is 11.0. The van der Waals surface area contributed by atoms with Crippen molar-refractivity contribution in [1.82, 2.24) is 10.6 Å². The van der Waals surface area contributed by atoms with E-state index in [0.29, 0.717) is 12.1 Å². The SMILES string of the molecule is CC(=O)NCc1ccc(C(=O)NC(C)(CO)CO)cc1. The molecule has 0 fully saturated rings. The molecule has 0 aromatic heterocycles. The van der Waals surface area contributed by atoms with Crippen LogP contribution in [0.1, 0.15) is 29.8 Å². The van der Waals surface area contributed by atoms with Gasteiger partial charge in [0.05, 0.1) is 18.8 Å². The summed E-state index contributed by atoms with van der Waals surface area (Å²) in [6.45, 7) is 2.69. The van der Waals surface area contributed by atoms with Crippen molar-refractivity contribution in [2.45, 2.75) is 25.9 Å². The third-order valence-corrected chi connectivity index (χ3v) is 2.87. The lowest BCUT2D eigenvalue weighted by Crippen LogP contribution is -2.51. The molecule has 4 N–H and O–H groups in total. The van der Waals surface area contributed by atoms with Crippen LogP contribution in [0.5, 0.6) is 0 Å². The number of hydrogen-bond acceptors (Lipinski definition) is 4. The van der Waals surface area contributed by atoms with Gasteiger partial charge in [0.25, 0.3) is 5.91 Å². The monoisotopic (exact) mass is 280 g/mol. The van der Waals surface area contributed by atoms with Gasteiger partial charge in [-0.3, -0.25) is 9.59 Å². The number of hydrogen-bond donors (Lipinski definition) is 4. The number of benzene rings is 1. The van der Waals surface area contributed by atoms with E-state index in [1.54, 1.807) is 31.2 Å². The third-order valence-electron chi connectivity index (χ3n) is 2.87. The zero-order valence-corrected chi connectivity index (χ0v) is 11.6. The van der Waals surface area contributed by atoms with Crippen LogP contribution < -0.4 is 10.6 Å². The highest BCUT2D eigenvalue weighted by Gasteiger charge is 2.24. The molecule has 20 heavy (non-hydrogen) atoms. The van der Waals surface area contributed by atoms with E-state index in [-0.39, 0.29) is 25.0 Å². The fourth-order valence-corrected chi connectivity index (χ4v) is 1.48. The minimum atomic E-state index is -1.05. The summed E-state index contributed by atoms with van der Waals surface area (Å²) in [7, 11) is 0. The maximum Gasteiger partial charge on any atom is 0.251 e. The third kappa shape index (κ3) is 4.64. The van der Waals surface area contributed by atoms with E-state index in [1.807, 2.05) is 0 Å². The first-order chi connectivity index (χ1) is 9.40. The van der Waals surface area contributed by atoms with E-state index in [0.717, 1.165) is 5.56 Å². The zero-order valence-electron chi connectivity index (χ0n) is 11.6. The van der Waals surface area contributed by atoms with Crippen molar-refractivity contribution in [2.75, 3.05) is 13.2 Å². The number of rotatable bonds is 6. The summed E-state index contributed by atoms with van der Waals surface area (Å²) < 4.78 is 0. The highest BCUT2D eigenvalue weighted by Crippen LogP contribution is 2.07. The molecular weight excluding hydrogens is 260 g/mol. The highest BCUT2D eigenvalue weighted by atomic mass is 16.3. The molecule has 0 unspecified atom stereocenters. The Balaban J connectivity index is 2.68. The first kappa shape index (κ1) is 16.1. The van der Waals surface area contributed by atoms with Gasteiger partial charge in [-0.1, -0.05) is 12.1 Å². The lowest BCUT2D eigenvalue weighted by molar-refractivity contribution is -0.119. The predicted octanol–water partition coefficient (Wildman–Crippen LogP) is -0.204. The zero-order chi connectivity index (χ0) is 15.2. The Morgan fingerprint density at radius 1 is 1.15 bits per heavy atom. The van der Waals surface area contributed by atoms with Gasteiger partial charge in [0, 0.05) is 19.0 Å². The van der Waals surface area contributed by atoms with E-state index in [9.17, 15) is 9.59 Å². The van der Waals surface area contributed by atoms with Crippen molar-refractivity contribution in [2.24, 2.45) is 0 Å². The van der Waals surface area contributed by atoms with Crippen LogP contribution in [0, 0.1) is 0 Å². The summed E-state index contributed by atoms with van der Waals surface area (Å²) in [6.07, 6.45) is 0. The minimum Gasteiger partial charge on any atom is -0.394 e. The average molecular weight is 280 g/mol. The first-order valence-corrected chi connectivity index (χ1v) is 6.28. The maximum atomic E-state index is 12.0. The fraction of sp³-hybridized carbons (Fsp3) is 0.429. The van der Waals surface area contributed by atoms with Crippen LogP contribution >= 0.6 is 0 Å². The van der Waals surface area contributed by atoms with Gasteiger partial charge in [-0.25, -0.2) is 0 Å². The molecule has 6 nitrogen and oxygen atoms in total. The second kappa shape index (κ2) is 7.02. The Morgan fingerprint density at radius 2 is 1.70 bits per heavy atom. The molecule has 0 bridgehead atoms. The molecule has 110 valence electrons. The number of carbonyl (C=O) groups is 2. The van der Waals surface area contributed by atoms with Gasteiger partial charge < -0.3 is 20.8 Å². The highest BCUT2D eigenvalue weighted by molar-refractivity contribution is 5.94. The largest absolute Gasteiger partial charge is 0.394 e. The molecule has 1 aromatic rings. The van der Waals surface area contributed by atoms with Gasteiger partial charge in [0.1, 0.15) is 0 Å². The second-order valence-corrected chi connectivity index (χ2v) is 4.94. The Kier molecular flexibility index (Phi) is 5.66. The molecule has 0 atom stereocenters. The Labute approximate surface area is 117 Å². The summed E-state index contributed by atoms with van der Waals surface area (Å²) in [5, 5.41) is 23.5. The van der Waals surface area contributed by atoms with Crippen LogP contribution in [0.15, 0.2) is 24.3 Å². The van der Waals surface area contributed by atoms with Gasteiger partial charge >= 0.3 is 0 Å². The van der Waals surface area contributed by atoms with Crippen LogP contribution in [0.25, 0.3) is 0 Å². The molecule has 0 saturated carbocycles. The summed E-state index contributed by atoms with van der Waals surface area (Å²) in [5.74, 6) is -0.491. The molecule has 0 aliphatic heterocycles. The molecule has 6 heteroatoms. The standard InChI is InChI=1S/C14H20N2O4/c1-10(19)15-7-11-3-5-12(6-4-11)13(20)16-14(2,8-17)9-18/h3-6,17-18H,7-9H2,1-2H3,(H,15,19)(H,16,20). The number of aliphatic hydroxyl groups excluding tert-OH is 2. The molecule has 0 aliphatic rings. The Morgan fingerprint density at radius 3 is 2.15 bits per heavy atom. The topological polar surface area (TPSA) is 98.7 Å². The van der Waals surface area contributed by atoms with Gasteiger partial charge in [0.15, 0.2) is 0 Å². The molecule has 1 aromatic carbocycles. The van der Waals surface area contributed by atoms with Crippen LogP contribution in [0.2, 0.25) is 0 Å². The summed E-state index contributed by atoms with van der Waals surface area (Å²) >= 11 is 0. The average Bonchev–Trinajstić information content (AvgIpc) is 2.45. The smallest absolute Gasteiger partial charge is 0.251 e. The summed E-state index contributed by atoms with van der Waals surface area (Å²) in [5.41, 5.74) is 0.250. The molecule has 0 radical (unpaired) electrons. The molecule has 2 amide bonds. The second-order valence-electron chi connectivity index (χ2n) is 4.94. The molecule has 1 rings (SSSR count). The van der Waals surface area contributed by atoms with E-state index < -0.39 is 5.54 Å². The van der Waals surface area contributed by atoms with Crippen molar-refractivity contribution >= 4 is 11.8 Å². The Bertz CT molecular complexity index is 467. The van der Waals surface area contributed by atoms with Gasteiger partial charge in [-0.05, 0) is 24.6 Å². The summed E-state index contributed by atoms with van der Waals surface area (Å²) in [4.78, 5) is 22.7. The fourth-order valence-electron chi connectivity index (χ4n) is 1.48. The van der Waals surface area contributed by atoms with Crippen molar-refractivity contribution in [1.29, 1.82) is 0 Å². The molecule has 0 heterocycles. The molecule has 0 saturated heterocycles. The van der Waals surface area contributed by atoms with Crippen molar-refractivity contribution in [3.63, 3.8) is 0 Å². The lowest BCUT2D eigenvalue weighted by atomic mass is 10.0. The van der Waals surface area contributed by atoms with Crippen molar-refractivity contribution in [3.8, 4) is 0 Å². The lowest BCUT2D eigenvalue weighted by Gasteiger charge is -2.26.